The molecule has 2 atom stereocenters. The Morgan fingerprint density at radius 3 is 2.79 bits per heavy atom. The Balaban J connectivity index is 2.24. The number of carbonyl (C=O) groups is 1. The summed E-state index contributed by atoms with van der Waals surface area (Å²) in [5.41, 5.74) is 1.50. The van der Waals surface area contributed by atoms with Gasteiger partial charge < -0.3 is 15.2 Å². The first-order valence-electron chi connectivity index (χ1n) is 6.42. The number of hydrogen-bond acceptors (Lipinski definition) is 5. The van der Waals surface area contributed by atoms with Crippen LogP contribution in [0.15, 0.2) is 0 Å². The van der Waals surface area contributed by atoms with Crippen LogP contribution < -0.4 is 5.32 Å². The molecule has 0 aliphatic carbocycles. The summed E-state index contributed by atoms with van der Waals surface area (Å²) in [6.07, 6.45) is 0.981. The topological polar surface area (TPSA) is 84.3 Å². The smallest absolute Gasteiger partial charge is 0.339 e. The van der Waals surface area contributed by atoms with Crippen LogP contribution in [0, 0.1) is 19.8 Å². The van der Waals surface area contributed by atoms with Crippen molar-refractivity contribution in [2.24, 2.45) is 5.92 Å². The number of aromatic carboxylic acids is 1. The lowest BCUT2D eigenvalue weighted by Crippen LogP contribution is -2.28. The van der Waals surface area contributed by atoms with Crippen LogP contribution in [-0.2, 0) is 4.74 Å². The fourth-order valence-electron chi connectivity index (χ4n) is 2.25. The molecule has 2 rings (SSSR count). The molecule has 6 heteroatoms. The summed E-state index contributed by atoms with van der Waals surface area (Å²) in [6.45, 7) is 6.99. The normalized spacial score (nSPS) is 20.3. The van der Waals surface area contributed by atoms with Crippen LogP contribution >= 0.6 is 0 Å². The quantitative estimate of drug-likeness (QED) is 0.860. The lowest BCUT2D eigenvalue weighted by Gasteiger charge is -2.21. The highest BCUT2D eigenvalue weighted by Crippen LogP contribution is 2.23. The molecule has 0 spiro atoms. The zero-order valence-electron chi connectivity index (χ0n) is 11.4. The summed E-state index contributed by atoms with van der Waals surface area (Å²) in [7, 11) is 0. The van der Waals surface area contributed by atoms with Gasteiger partial charge in [-0.15, -0.1) is 5.10 Å². The molecule has 0 amide bonds. The van der Waals surface area contributed by atoms with E-state index in [9.17, 15) is 9.90 Å². The van der Waals surface area contributed by atoms with Gasteiger partial charge >= 0.3 is 5.97 Å². The van der Waals surface area contributed by atoms with E-state index >= 15 is 0 Å². The molecule has 19 heavy (non-hydrogen) atoms. The molecule has 0 radical (unpaired) electrons. The van der Waals surface area contributed by atoms with Gasteiger partial charge in [-0.1, -0.05) is 0 Å². The summed E-state index contributed by atoms with van der Waals surface area (Å²) in [5.74, 6) is -0.257. The van der Waals surface area contributed by atoms with Crippen molar-refractivity contribution in [1.82, 2.24) is 10.2 Å². The minimum atomic E-state index is -0.979. The average Bonchev–Trinajstić information content (AvgIpc) is 2.87. The molecule has 104 valence electrons. The molecular formula is C13H19N3O3. The Bertz CT molecular complexity index is 484. The van der Waals surface area contributed by atoms with Crippen LogP contribution in [0.5, 0.6) is 0 Å². The molecular weight excluding hydrogens is 246 g/mol. The van der Waals surface area contributed by atoms with E-state index in [2.05, 4.69) is 15.5 Å². The van der Waals surface area contributed by atoms with Crippen LogP contribution in [0.1, 0.15) is 35.0 Å². The SMILES string of the molecule is Cc1nnc(NC(C)C2CCOC2)c(C(=O)O)c1C. The lowest BCUT2D eigenvalue weighted by atomic mass is 10.0. The molecule has 2 unspecified atom stereocenters. The highest BCUT2D eigenvalue weighted by molar-refractivity contribution is 5.94. The second kappa shape index (κ2) is 5.52. The molecule has 1 saturated heterocycles. The zero-order chi connectivity index (χ0) is 14.0. The van der Waals surface area contributed by atoms with Crippen molar-refractivity contribution in [2.75, 3.05) is 18.5 Å². The van der Waals surface area contributed by atoms with E-state index in [1.54, 1.807) is 13.8 Å². The van der Waals surface area contributed by atoms with Gasteiger partial charge in [0.1, 0.15) is 5.56 Å². The van der Waals surface area contributed by atoms with Crippen molar-refractivity contribution in [3.8, 4) is 0 Å². The Morgan fingerprint density at radius 2 is 2.21 bits per heavy atom. The first-order valence-corrected chi connectivity index (χ1v) is 6.42. The van der Waals surface area contributed by atoms with Crippen LogP contribution in [0.3, 0.4) is 0 Å². The highest BCUT2D eigenvalue weighted by Gasteiger charge is 2.25. The maximum absolute atomic E-state index is 11.4. The number of rotatable bonds is 4. The molecule has 1 aliphatic rings. The number of ether oxygens (including phenoxy) is 1. The van der Waals surface area contributed by atoms with Gasteiger partial charge in [0.15, 0.2) is 5.82 Å². The van der Waals surface area contributed by atoms with E-state index in [0.717, 1.165) is 13.0 Å². The van der Waals surface area contributed by atoms with Crippen molar-refractivity contribution < 1.29 is 14.6 Å². The summed E-state index contributed by atoms with van der Waals surface area (Å²) < 4.78 is 5.34. The predicted molar refractivity (Wildman–Crippen MR) is 70.5 cm³/mol. The summed E-state index contributed by atoms with van der Waals surface area (Å²) >= 11 is 0. The van der Waals surface area contributed by atoms with E-state index in [4.69, 9.17) is 4.74 Å². The highest BCUT2D eigenvalue weighted by atomic mass is 16.5. The molecule has 1 aromatic heterocycles. The van der Waals surface area contributed by atoms with Crippen LogP contribution in [0.4, 0.5) is 5.82 Å². The average molecular weight is 265 g/mol. The molecule has 1 aromatic rings. The molecule has 1 aliphatic heterocycles. The molecule has 0 aromatic carbocycles. The predicted octanol–water partition coefficient (Wildman–Crippen LogP) is 1.63. The number of hydrogen-bond donors (Lipinski definition) is 2. The number of carboxylic acid groups (broad SMARTS) is 1. The van der Waals surface area contributed by atoms with Crippen LogP contribution in [0.2, 0.25) is 0 Å². The molecule has 2 N–H and O–H groups in total. The Hall–Kier alpha value is -1.69. The van der Waals surface area contributed by atoms with Gasteiger partial charge in [-0.3, -0.25) is 0 Å². The number of carboxylic acids is 1. The summed E-state index contributed by atoms with van der Waals surface area (Å²) in [4.78, 5) is 11.4. The standard InChI is InChI=1S/C13H19N3O3/c1-7-8(2)15-16-12(11(7)13(17)18)14-9(3)10-4-5-19-6-10/h9-10H,4-6H2,1-3H3,(H,14,16)(H,17,18). The second-order valence-corrected chi connectivity index (χ2v) is 5.00. The van der Waals surface area contributed by atoms with E-state index in [1.807, 2.05) is 6.92 Å². The van der Waals surface area contributed by atoms with Crippen LogP contribution in [0.25, 0.3) is 0 Å². The summed E-state index contributed by atoms with van der Waals surface area (Å²) in [6, 6.07) is 0.108. The summed E-state index contributed by atoms with van der Waals surface area (Å²) in [5, 5.41) is 20.5. The Kier molecular flexibility index (Phi) is 3.99. The van der Waals surface area contributed by atoms with Gasteiger partial charge in [-0.25, -0.2) is 4.79 Å². The second-order valence-electron chi connectivity index (χ2n) is 5.00. The number of nitrogens with one attached hydrogen (secondary N) is 1. The van der Waals surface area contributed by atoms with Crippen molar-refractivity contribution >= 4 is 11.8 Å². The monoisotopic (exact) mass is 265 g/mol. The van der Waals surface area contributed by atoms with Gasteiger partial charge in [0.05, 0.1) is 12.3 Å². The van der Waals surface area contributed by atoms with Gasteiger partial charge in [-0.2, -0.15) is 5.10 Å². The van der Waals surface area contributed by atoms with Gasteiger partial charge in [0.2, 0.25) is 0 Å². The minimum absolute atomic E-state index is 0.108. The van der Waals surface area contributed by atoms with Crippen molar-refractivity contribution in [3.05, 3.63) is 16.8 Å². The van der Waals surface area contributed by atoms with E-state index < -0.39 is 5.97 Å². The van der Waals surface area contributed by atoms with Crippen LogP contribution in [-0.4, -0.2) is 40.5 Å². The van der Waals surface area contributed by atoms with Gasteiger partial charge in [0.25, 0.3) is 0 Å². The third-order valence-corrected chi connectivity index (χ3v) is 3.70. The number of anilines is 1. The fourth-order valence-corrected chi connectivity index (χ4v) is 2.25. The number of nitrogens with zero attached hydrogens (tertiary/aromatic N) is 2. The lowest BCUT2D eigenvalue weighted by molar-refractivity contribution is 0.0696. The maximum atomic E-state index is 11.4. The van der Waals surface area contributed by atoms with Gasteiger partial charge in [0, 0.05) is 18.6 Å². The third-order valence-electron chi connectivity index (χ3n) is 3.70. The Morgan fingerprint density at radius 1 is 1.47 bits per heavy atom. The first-order chi connectivity index (χ1) is 9.00. The number of aromatic nitrogens is 2. The largest absolute Gasteiger partial charge is 0.478 e. The minimum Gasteiger partial charge on any atom is -0.478 e. The van der Waals surface area contributed by atoms with Crippen molar-refractivity contribution in [2.45, 2.75) is 33.2 Å². The number of aryl methyl sites for hydroxylation is 1. The van der Waals surface area contributed by atoms with E-state index in [-0.39, 0.29) is 11.6 Å². The zero-order valence-corrected chi connectivity index (χ0v) is 11.4. The van der Waals surface area contributed by atoms with E-state index in [1.165, 1.54) is 0 Å². The van der Waals surface area contributed by atoms with Crippen molar-refractivity contribution in [1.29, 1.82) is 0 Å². The first kappa shape index (κ1) is 13.7. The Labute approximate surface area is 112 Å². The molecule has 0 saturated carbocycles. The maximum Gasteiger partial charge on any atom is 0.339 e. The van der Waals surface area contributed by atoms with Crippen molar-refractivity contribution in [3.63, 3.8) is 0 Å². The van der Waals surface area contributed by atoms with E-state index in [0.29, 0.717) is 29.6 Å². The third kappa shape index (κ3) is 2.84. The fraction of sp³-hybridized carbons (Fsp3) is 0.615. The van der Waals surface area contributed by atoms with Gasteiger partial charge in [-0.05, 0) is 32.8 Å². The molecule has 0 bridgehead atoms. The molecule has 1 fully saturated rings. The molecule has 6 nitrogen and oxygen atoms in total. The molecule has 2 heterocycles.